The fraction of sp³-hybridized carbons (Fsp3) is 0.467. The van der Waals surface area contributed by atoms with Crippen molar-refractivity contribution in [2.75, 3.05) is 23.7 Å². The van der Waals surface area contributed by atoms with Crippen LogP contribution in [0.1, 0.15) is 30.0 Å². The Balaban J connectivity index is 1.77. The molecule has 2 unspecified atom stereocenters. The molecule has 8 nitrogen and oxygen atoms in total. The number of nitrogens with two attached hydrogens (primary N) is 1. The van der Waals surface area contributed by atoms with Crippen molar-refractivity contribution < 1.29 is 21.9 Å². The van der Waals surface area contributed by atoms with Gasteiger partial charge in [-0.25, -0.2) is 14.0 Å². The van der Waals surface area contributed by atoms with Crippen LogP contribution < -0.4 is 15.4 Å². The van der Waals surface area contributed by atoms with E-state index in [1.165, 1.54) is 12.1 Å². The van der Waals surface area contributed by atoms with E-state index in [-0.39, 0.29) is 11.9 Å². The van der Waals surface area contributed by atoms with E-state index in [0.29, 0.717) is 37.4 Å². The minimum Gasteiger partial charge on any atom is -0.368 e. The highest BCUT2D eigenvalue weighted by Crippen LogP contribution is 2.35. The summed E-state index contributed by atoms with van der Waals surface area (Å²) < 4.78 is 62.1. The van der Waals surface area contributed by atoms with Crippen LogP contribution in [0.2, 0.25) is 0 Å². The van der Waals surface area contributed by atoms with Gasteiger partial charge in [0.15, 0.2) is 0 Å². The van der Waals surface area contributed by atoms with E-state index in [2.05, 4.69) is 19.9 Å². The molecule has 1 aliphatic heterocycles. The first-order valence-electron chi connectivity index (χ1n) is 8.21. The van der Waals surface area contributed by atoms with Gasteiger partial charge in [0.2, 0.25) is 23.2 Å². The van der Waals surface area contributed by atoms with Gasteiger partial charge in [-0.15, -0.1) is 5.10 Å². The van der Waals surface area contributed by atoms with Gasteiger partial charge in [0, 0.05) is 19.1 Å². The third kappa shape index (κ3) is 4.76. The summed E-state index contributed by atoms with van der Waals surface area (Å²) in [6, 6.07) is 4.15. The lowest BCUT2D eigenvalue weighted by molar-refractivity contribution is -0.137. The monoisotopic (exact) mass is 404 g/mol. The summed E-state index contributed by atoms with van der Waals surface area (Å²) in [5, 5.41) is 6.55. The molecule has 0 saturated carbocycles. The molecule has 12 heteroatoms. The number of nitrogens with zero attached hydrogens (tertiary/aromatic N) is 3. The second-order valence-corrected chi connectivity index (χ2v) is 7.05. The third-order valence-corrected chi connectivity index (χ3v) is 5.04. The summed E-state index contributed by atoms with van der Waals surface area (Å²) in [5.74, 6) is 0.531. The first-order chi connectivity index (χ1) is 12.7. The number of nitrogen functional groups attached to an aromatic ring is 1. The Kier molecular flexibility index (Phi) is 5.67. The highest BCUT2D eigenvalue weighted by atomic mass is 32.2. The van der Waals surface area contributed by atoms with Crippen molar-refractivity contribution in [2.24, 2.45) is 5.92 Å². The molecule has 1 aromatic carbocycles. The molecule has 2 heterocycles. The molecule has 0 aliphatic carbocycles. The minimum absolute atomic E-state index is 0.128. The zero-order valence-corrected chi connectivity index (χ0v) is 14.9. The maximum Gasteiger partial charge on any atom is 0.416 e. The third-order valence-electron chi connectivity index (χ3n) is 4.59. The predicted molar refractivity (Wildman–Crippen MR) is 93.8 cm³/mol. The topological polar surface area (TPSA) is 120 Å². The number of halogens is 3. The van der Waals surface area contributed by atoms with Crippen molar-refractivity contribution in [1.82, 2.24) is 19.9 Å². The Bertz CT molecular complexity index is 807. The number of alkyl halides is 3. The number of benzene rings is 1. The van der Waals surface area contributed by atoms with Crippen LogP contribution in [0.4, 0.5) is 25.1 Å². The van der Waals surface area contributed by atoms with Gasteiger partial charge in [0.25, 0.3) is 0 Å². The summed E-state index contributed by atoms with van der Waals surface area (Å²) in [4.78, 5) is 5.96. The molecular formula is C15H19F3N6O2S. The molecule has 1 aromatic heterocycles. The molecule has 2 atom stereocenters. The number of anilines is 2. The highest BCUT2D eigenvalue weighted by molar-refractivity contribution is 7.77. The summed E-state index contributed by atoms with van der Waals surface area (Å²) >= 11 is -2.36. The van der Waals surface area contributed by atoms with E-state index < -0.39 is 29.0 Å². The molecule has 5 N–H and O–H groups in total. The quantitative estimate of drug-likeness (QED) is 0.567. The maximum absolute atomic E-state index is 13.0. The molecule has 27 heavy (non-hydrogen) atoms. The predicted octanol–water partition coefficient (Wildman–Crippen LogP) is 2.09. The number of piperidine rings is 1. The van der Waals surface area contributed by atoms with Crippen molar-refractivity contribution in [3.63, 3.8) is 0 Å². The van der Waals surface area contributed by atoms with Crippen molar-refractivity contribution >= 4 is 23.2 Å². The standard InChI is InChI=1S/C15H19F3N6O2S/c16-15(17,18)11-3-1-2-10(8-11)12(23-27(25)26)9-4-6-24(7-5-9)14-20-13(19)21-22-14/h1-3,8-9,12,23H,4-7H2,(H,25,26)(H3,19,20,21,22). The molecule has 3 rings (SSSR count). The molecule has 2 aromatic rings. The Labute approximate surface area is 155 Å². The van der Waals surface area contributed by atoms with Gasteiger partial charge < -0.3 is 10.6 Å². The number of nitrogens with one attached hydrogen (secondary N) is 2. The Morgan fingerprint density at radius 1 is 1.37 bits per heavy atom. The SMILES string of the molecule is Nc1nc(N2CCC(C(NS(=O)O)c3cccc(C(F)(F)F)c3)CC2)n[nH]1. The Morgan fingerprint density at radius 2 is 2.07 bits per heavy atom. The van der Waals surface area contributed by atoms with Crippen molar-refractivity contribution in [3.8, 4) is 0 Å². The Morgan fingerprint density at radius 3 is 2.63 bits per heavy atom. The zero-order chi connectivity index (χ0) is 19.6. The van der Waals surface area contributed by atoms with Gasteiger partial charge in [-0.05, 0) is 36.5 Å². The average Bonchev–Trinajstić information content (AvgIpc) is 3.05. The molecule has 1 aliphatic rings. The second kappa shape index (κ2) is 7.82. The van der Waals surface area contributed by atoms with Crippen LogP contribution in [0.25, 0.3) is 0 Å². The molecule has 1 fully saturated rings. The summed E-state index contributed by atoms with van der Waals surface area (Å²) in [5.41, 5.74) is 5.06. The molecule has 0 amide bonds. The van der Waals surface area contributed by atoms with Gasteiger partial charge in [-0.2, -0.15) is 18.2 Å². The number of aromatic amines is 1. The second-order valence-electron chi connectivity index (χ2n) is 6.31. The molecule has 0 bridgehead atoms. The van der Waals surface area contributed by atoms with E-state index in [0.717, 1.165) is 12.1 Å². The van der Waals surface area contributed by atoms with Crippen LogP contribution in [0.5, 0.6) is 0 Å². The van der Waals surface area contributed by atoms with Crippen LogP contribution in [0.3, 0.4) is 0 Å². The zero-order valence-electron chi connectivity index (χ0n) is 14.1. The maximum atomic E-state index is 13.0. The van der Waals surface area contributed by atoms with E-state index in [1.54, 1.807) is 0 Å². The highest BCUT2D eigenvalue weighted by Gasteiger charge is 2.34. The van der Waals surface area contributed by atoms with Gasteiger partial charge in [-0.1, -0.05) is 12.1 Å². The number of hydrogen-bond acceptors (Lipinski definition) is 5. The molecule has 0 spiro atoms. The van der Waals surface area contributed by atoms with Crippen LogP contribution in [0, 0.1) is 5.92 Å². The largest absolute Gasteiger partial charge is 0.416 e. The van der Waals surface area contributed by atoms with E-state index >= 15 is 0 Å². The number of rotatable bonds is 5. The summed E-state index contributed by atoms with van der Waals surface area (Å²) in [6.45, 7) is 1.11. The lowest BCUT2D eigenvalue weighted by Crippen LogP contribution is -2.40. The number of H-pyrrole nitrogens is 1. The Hall–Kier alpha value is -2.18. The average molecular weight is 404 g/mol. The summed E-state index contributed by atoms with van der Waals surface area (Å²) in [6.07, 6.45) is -3.31. The van der Waals surface area contributed by atoms with Gasteiger partial charge in [0.1, 0.15) is 0 Å². The molecule has 0 radical (unpaired) electrons. The molecular weight excluding hydrogens is 385 g/mol. The van der Waals surface area contributed by atoms with Crippen LogP contribution in [-0.2, 0) is 17.4 Å². The lowest BCUT2D eigenvalue weighted by Gasteiger charge is -2.35. The van der Waals surface area contributed by atoms with E-state index in [4.69, 9.17) is 5.73 Å². The van der Waals surface area contributed by atoms with E-state index in [1.807, 2.05) is 4.90 Å². The molecule has 1 saturated heterocycles. The van der Waals surface area contributed by atoms with Gasteiger partial charge >= 0.3 is 6.18 Å². The smallest absolute Gasteiger partial charge is 0.368 e. The van der Waals surface area contributed by atoms with Crippen molar-refractivity contribution in [2.45, 2.75) is 25.1 Å². The minimum atomic E-state index is -4.48. The van der Waals surface area contributed by atoms with Crippen molar-refractivity contribution in [3.05, 3.63) is 35.4 Å². The van der Waals surface area contributed by atoms with Gasteiger partial charge in [-0.3, -0.25) is 4.55 Å². The van der Waals surface area contributed by atoms with Crippen LogP contribution >= 0.6 is 0 Å². The normalized spacial score (nSPS) is 18.4. The first-order valence-corrected chi connectivity index (χ1v) is 9.31. The van der Waals surface area contributed by atoms with Crippen LogP contribution in [0.15, 0.2) is 24.3 Å². The van der Waals surface area contributed by atoms with Crippen molar-refractivity contribution in [1.29, 1.82) is 0 Å². The fourth-order valence-electron chi connectivity index (χ4n) is 3.29. The fourth-order valence-corrected chi connectivity index (χ4v) is 3.84. The molecule has 148 valence electrons. The summed E-state index contributed by atoms with van der Waals surface area (Å²) in [7, 11) is 0. The lowest BCUT2D eigenvalue weighted by atomic mass is 9.85. The van der Waals surface area contributed by atoms with E-state index in [9.17, 15) is 21.9 Å². The number of aromatic nitrogens is 3. The van der Waals surface area contributed by atoms with Crippen LogP contribution in [-0.4, -0.2) is 37.0 Å². The number of hydrogen-bond donors (Lipinski definition) is 4. The first kappa shape index (κ1) is 19.6. The van der Waals surface area contributed by atoms with Gasteiger partial charge in [0.05, 0.1) is 5.56 Å².